The molecule has 2 aromatic carbocycles. The lowest BCUT2D eigenvalue weighted by atomic mass is 10.0. The van der Waals surface area contributed by atoms with Crippen molar-refractivity contribution >= 4 is 17.1 Å². The van der Waals surface area contributed by atoms with Crippen LogP contribution in [0.25, 0.3) is 0 Å². The van der Waals surface area contributed by atoms with Crippen LogP contribution in [0.3, 0.4) is 0 Å². The normalized spacial score (nSPS) is 10.0. The summed E-state index contributed by atoms with van der Waals surface area (Å²) >= 11 is 0. The van der Waals surface area contributed by atoms with Gasteiger partial charge in [-0.15, -0.1) is 0 Å². The van der Waals surface area contributed by atoms with Gasteiger partial charge in [-0.25, -0.2) is 0 Å². The van der Waals surface area contributed by atoms with Gasteiger partial charge in [-0.3, -0.25) is 15.5 Å². The van der Waals surface area contributed by atoms with Gasteiger partial charge in [0, 0.05) is 28.9 Å². The summed E-state index contributed by atoms with van der Waals surface area (Å²) in [6.07, 6.45) is 0. The molecule has 0 aliphatic carbocycles. The number of nitro benzene ring substituents is 1. The van der Waals surface area contributed by atoms with Crippen LogP contribution in [-0.4, -0.2) is 10.6 Å². The molecule has 2 aromatic rings. The summed E-state index contributed by atoms with van der Waals surface area (Å²) in [6, 6.07) is 13.2. The van der Waals surface area contributed by atoms with Crippen LogP contribution in [0.1, 0.15) is 11.1 Å². The summed E-state index contributed by atoms with van der Waals surface area (Å²) in [4.78, 5) is 10.1. The average molecular weight is 241 g/mol. The fraction of sp³-hybridized carbons (Fsp3) is 0. The molecule has 0 radical (unpaired) electrons. The first-order valence-electron chi connectivity index (χ1n) is 5.28. The maximum Gasteiger partial charge on any atom is 0.271 e. The molecule has 90 valence electrons. The van der Waals surface area contributed by atoms with Gasteiger partial charge in [0.1, 0.15) is 0 Å². The number of benzene rings is 2. The smallest absolute Gasteiger partial charge is 0.271 e. The fourth-order valence-corrected chi connectivity index (χ4v) is 1.65. The van der Waals surface area contributed by atoms with E-state index >= 15 is 0 Å². The number of nitrogens with two attached hydrogens (primary N) is 1. The van der Waals surface area contributed by atoms with Crippen LogP contribution in [0.4, 0.5) is 11.4 Å². The Bertz CT molecular complexity index is 609. The zero-order valence-electron chi connectivity index (χ0n) is 9.46. The highest BCUT2D eigenvalue weighted by molar-refractivity contribution is 6.13. The highest BCUT2D eigenvalue weighted by Crippen LogP contribution is 2.22. The third kappa shape index (κ3) is 2.20. The van der Waals surface area contributed by atoms with E-state index in [0.29, 0.717) is 5.56 Å². The molecule has 0 atom stereocenters. The van der Waals surface area contributed by atoms with Crippen molar-refractivity contribution in [1.29, 1.82) is 5.41 Å². The zero-order valence-corrected chi connectivity index (χ0v) is 9.46. The first kappa shape index (κ1) is 11.8. The van der Waals surface area contributed by atoms with Gasteiger partial charge in [0.15, 0.2) is 0 Å². The summed E-state index contributed by atoms with van der Waals surface area (Å²) in [5.74, 6) is 0. The van der Waals surface area contributed by atoms with E-state index in [1.165, 1.54) is 18.2 Å². The molecule has 0 aliphatic rings. The van der Waals surface area contributed by atoms with Crippen molar-refractivity contribution in [3.05, 3.63) is 69.8 Å². The number of rotatable bonds is 3. The molecule has 0 bridgehead atoms. The van der Waals surface area contributed by atoms with Gasteiger partial charge in [-0.2, -0.15) is 0 Å². The maximum atomic E-state index is 10.6. The van der Waals surface area contributed by atoms with Crippen LogP contribution >= 0.6 is 0 Å². The molecular formula is C13H11N3O2. The fourth-order valence-electron chi connectivity index (χ4n) is 1.65. The van der Waals surface area contributed by atoms with Gasteiger partial charge < -0.3 is 5.73 Å². The molecule has 0 spiro atoms. The average Bonchev–Trinajstić information content (AvgIpc) is 2.38. The lowest BCUT2D eigenvalue weighted by molar-refractivity contribution is -0.384. The van der Waals surface area contributed by atoms with Crippen LogP contribution in [0, 0.1) is 15.5 Å². The van der Waals surface area contributed by atoms with Crippen molar-refractivity contribution in [2.75, 3.05) is 5.73 Å². The third-order valence-corrected chi connectivity index (χ3v) is 2.58. The number of hydrogen-bond acceptors (Lipinski definition) is 4. The maximum absolute atomic E-state index is 10.6. The predicted molar refractivity (Wildman–Crippen MR) is 69.9 cm³/mol. The van der Waals surface area contributed by atoms with Gasteiger partial charge >= 0.3 is 0 Å². The van der Waals surface area contributed by atoms with Gasteiger partial charge in [0.2, 0.25) is 0 Å². The SMILES string of the molecule is N=C(c1ccccc1)c1ccc([N+](=O)[O-])cc1N. The van der Waals surface area contributed by atoms with Crippen molar-refractivity contribution in [3.8, 4) is 0 Å². The largest absolute Gasteiger partial charge is 0.398 e. The van der Waals surface area contributed by atoms with Gasteiger partial charge in [-0.05, 0) is 6.07 Å². The molecule has 3 N–H and O–H groups in total. The molecular weight excluding hydrogens is 230 g/mol. The van der Waals surface area contributed by atoms with Gasteiger partial charge in [0.05, 0.1) is 10.6 Å². The Morgan fingerprint density at radius 1 is 1.17 bits per heavy atom. The monoisotopic (exact) mass is 241 g/mol. The number of anilines is 1. The Labute approximate surface area is 104 Å². The van der Waals surface area contributed by atoms with E-state index in [9.17, 15) is 10.1 Å². The number of nitrogens with zero attached hydrogens (tertiary/aromatic N) is 1. The second kappa shape index (κ2) is 4.67. The van der Waals surface area contributed by atoms with E-state index in [1.54, 1.807) is 12.1 Å². The molecule has 5 nitrogen and oxygen atoms in total. The van der Waals surface area contributed by atoms with E-state index in [1.807, 2.05) is 18.2 Å². The number of nitrogen functional groups attached to an aromatic ring is 1. The molecule has 0 saturated carbocycles. The molecule has 0 aliphatic heterocycles. The Hall–Kier alpha value is -2.69. The van der Waals surface area contributed by atoms with E-state index in [2.05, 4.69) is 0 Å². The molecule has 0 fully saturated rings. The van der Waals surface area contributed by atoms with Crippen molar-refractivity contribution < 1.29 is 4.92 Å². The summed E-state index contributed by atoms with van der Waals surface area (Å²) < 4.78 is 0. The number of non-ortho nitro benzene ring substituents is 1. The Morgan fingerprint density at radius 2 is 1.83 bits per heavy atom. The second-order valence-electron chi connectivity index (χ2n) is 3.77. The second-order valence-corrected chi connectivity index (χ2v) is 3.77. The van der Waals surface area contributed by atoms with Crippen LogP contribution < -0.4 is 5.73 Å². The predicted octanol–water partition coefficient (Wildman–Crippen LogP) is 2.59. The number of hydrogen-bond donors (Lipinski definition) is 2. The molecule has 5 heteroatoms. The number of nitrogens with one attached hydrogen (secondary N) is 1. The molecule has 0 heterocycles. The van der Waals surface area contributed by atoms with Gasteiger partial charge in [-0.1, -0.05) is 30.3 Å². The highest BCUT2D eigenvalue weighted by Gasteiger charge is 2.12. The molecule has 2 rings (SSSR count). The molecule has 0 saturated heterocycles. The topological polar surface area (TPSA) is 93.0 Å². The summed E-state index contributed by atoms with van der Waals surface area (Å²) in [5.41, 5.74) is 7.38. The van der Waals surface area contributed by atoms with Crippen LogP contribution in [0.5, 0.6) is 0 Å². The minimum absolute atomic E-state index is 0.0721. The molecule has 18 heavy (non-hydrogen) atoms. The zero-order chi connectivity index (χ0) is 13.1. The molecule has 0 unspecified atom stereocenters. The summed E-state index contributed by atoms with van der Waals surface area (Å²) in [7, 11) is 0. The Balaban J connectivity index is 2.41. The first-order valence-corrected chi connectivity index (χ1v) is 5.28. The van der Waals surface area contributed by atoms with Crippen LogP contribution in [0.2, 0.25) is 0 Å². The van der Waals surface area contributed by atoms with Crippen molar-refractivity contribution in [2.45, 2.75) is 0 Å². The van der Waals surface area contributed by atoms with Crippen LogP contribution in [0.15, 0.2) is 48.5 Å². The lowest BCUT2D eigenvalue weighted by Gasteiger charge is -2.07. The summed E-state index contributed by atoms with van der Waals surface area (Å²) in [6.45, 7) is 0. The Morgan fingerprint density at radius 3 is 2.39 bits per heavy atom. The third-order valence-electron chi connectivity index (χ3n) is 2.58. The van der Waals surface area contributed by atoms with E-state index in [4.69, 9.17) is 11.1 Å². The van der Waals surface area contributed by atoms with Gasteiger partial charge in [0.25, 0.3) is 5.69 Å². The van der Waals surface area contributed by atoms with Crippen LogP contribution in [-0.2, 0) is 0 Å². The van der Waals surface area contributed by atoms with Crippen molar-refractivity contribution in [1.82, 2.24) is 0 Å². The van der Waals surface area contributed by atoms with Crippen molar-refractivity contribution in [3.63, 3.8) is 0 Å². The minimum atomic E-state index is -0.508. The van der Waals surface area contributed by atoms with Crippen molar-refractivity contribution in [2.24, 2.45) is 0 Å². The lowest BCUT2D eigenvalue weighted by Crippen LogP contribution is -2.05. The quantitative estimate of drug-likeness (QED) is 0.374. The van der Waals surface area contributed by atoms with E-state index in [-0.39, 0.29) is 17.1 Å². The number of nitro groups is 1. The highest BCUT2D eigenvalue weighted by atomic mass is 16.6. The molecule has 0 aromatic heterocycles. The standard InChI is InChI=1S/C13H11N3O2/c14-12-8-10(16(17)18)6-7-11(12)13(15)9-4-2-1-3-5-9/h1-8,15H,14H2. The molecule has 0 amide bonds. The first-order chi connectivity index (χ1) is 8.59. The minimum Gasteiger partial charge on any atom is -0.398 e. The van der Waals surface area contributed by atoms with E-state index in [0.717, 1.165) is 5.56 Å². The van der Waals surface area contributed by atoms with E-state index < -0.39 is 4.92 Å². The summed E-state index contributed by atoms with van der Waals surface area (Å²) in [5, 5.41) is 18.6. The Kier molecular flexibility index (Phi) is 3.05.